The fraction of sp³-hybridized carbons (Fsp3) is 0.417. The minimum Gasteiger partial charge on any atom is -0.484 e. The molecule has 0 bridgehead atoms. The van der Waals surface area contributed by atoms with E-state index in [2.05, 4.69) is 35.9 Å². The standard InChI is InChI=1S/C24H29N3O4S2/c1-4-26(5-2)18-11-12-20(17(3)13-18)27-21-15-33(29,30)16-22(21)32-24(27)25-23(28)14-31-19-9-7-6-8-10-19/h6-13,21-22H,4-5,14-16H2,1-3H3/t21-,22+/m1/s1. The number of aryl methyl sites for hydroxylation is 1. The summed E-state index contributed by atoms with van der Waals surface area (Å²) >= 11 is 1.37. The van der Waals surface area contributed by atoms with Gasteiger partial charge in [-0.15, -0.1) is 0 Å². The predicted octanol–water partition coefficient (Wildman–Crippen LogP) is 3.52. The van der Waals surface area contributed by atoms with Crippen molar-refractivity contribution in [3.05, 3.63) is 54.1 Å². The highest BCUT2D eigenvalue weighted by Gasteiger charge is 2.49. The van der Waals surface area contributed by atoms with E-state index in [1.807, 2.05) is 36.1 Å². The van der Waals surface area contributed by atoms with E-state index in [0.29, 0.717) is 10.9 Å². The molecular weight excluding hydrogens is 458 g/mol. The molecule has 2 aliphatic heterocycles. The van der Waals surface area contributed by atoms with Crippen LogP contribution in [0.2, 0.25) is 0 Å². The van der Waals surface area contributed by atoms with Crippen LogP contribution < -0.4 is 14.5 Å². The number of amides is 1. The van der Waals surface area contributed by atoms with Crippen LogP contribution in [0.5, 0.6) is 5.75 Å². The molecule has 2 heterocycles. The normalized spacial score (nSPS) is 22.4. The zero-order valence-electron chi connectivity index (χ0n) is 19.1. The number of rotatable bonds is 7. The van der Waals surface area contributed by atoms with Gasteiger partial charge in [0.25, 0.3) is 5.91 Å². The summed E-state index contributed by atoms with van der Waals surface area (Å²) in [5.41, 5.74) is 3.03. The average molecular weight is 488 g/mol. The average Bonchev–Trinajstić information content (AvgIpc) is 3.25. The maximum absolute atomic E-state index is 12.6. The third kappa shape index (κ3) is 5.19. The number of amidine groups is 1. The lowest BCUT2D eigenvalue weighted by Gasteiger charge is -2.28. The Labute approximate surface area is 199 Å². The van der Waals surface area contributed by atoms with Crippen molar-refractivity contribution in [2.45, 2.75) is 32.1 Å². The molecule has 4 rings (SSSR count). The second-order valence-corrected chi connectivity index (χ2v) is 11.6. The zero-order valence-corrected chi connectivity index (χ0v) is 20.7. The molecule has 0 aliphatic carbocycles. The molecule has 9 heteroatoms. The predicted molar refractivity (Wildman–Crippen MR) is 135 cm³/mol. The van der Waals surface area contributed by atoms with E-state index in [9.17, 15) is 13.2 Å². The van der Waals surface area contributed by atoms with Gasteiger partial charge in [-0.2, -0.15) is 4.99 Å². The Morgan fingerprint density at radius 2 is 1.88 bits per heavy atom. The van der Waals surface area contributed by atoms with Gasteiger partial charge in [-0.25, -0.2) is 8.42 Å². The van der Waals surface area contributed by atoms with Crippen LogP contribution in [0.1, 0.15) is 19.4 Å². The van der Waals surface area contributed by atoms with Crippen molar-refractivity contribution in [2.24, 2.45) is 4.99 Å². The third-order valence-electron chi connectivity index (χ3n) is 5.96. The molecule has 2 fully saturated rings. The van der Waals surface area contributed by atoms with Crippen LogP contribution in [0.15, 0.2) is 53.5 Å². The molecule has 2 aromatic carbocycles. The number of hydrogen-bond acceptors (Lipinski definition) is 6. The summed E-state index contributed by atoms with van der Waals surface area (Å²) in [4.78, 5) is 21.2. The molecule has 33 heavy (non-hydrogen) atoms. The molecule has 1 amide bonds. The van der Waals surface area contributed by atoms with E-state index in [4.69, 9.17) is 4.74 Å². The quantitative estimate of drug-likeness (QED) is 0.591. The Hall–Kier alpha value is -2.52. The molecule has 2 aromatic rings. The number of anilines is 2. The number of aliphatic imine (C=N–C) groups is 1. The van der Waals surface area contributed by atoms with Gasteiger partial charge in [0.1, 0.15) is 5.75 Å². The Morgan fingerprint density at radius 1 is 1.15 bits per heavy atom. The topological polar surface area (TPSA) is 79.3 Å². The molecule has 2 atom stereocenters. The highest BCUT2D eigenvalue weighted by molar-refractivity contribution is 8.16. The van der Waals surface area contributed by atoms with Crippen molar-refractivity contribution < 1.29 is 17.9 Å². The lowest BCUT2D eigenvalue weighted by Crippen LogP contribution is -2.38. The number of benzene rings is 2. The van der Waals surface area contributed by atoms with Gasteiger partial charge in [-0.3, -0.25) is 4.79 Å². The highest BCUT2D eigenvalue weighted by Crippen LogP contribution is 2.42. The van der Waals surface area contributed by atoms with Crippen molar-refractivity contribution >= 4 is 44.0 Å². The van der Waals surface area contributed by atoms with E-state index in [1.54, 1.807) is 12.1 Å². The number of fused-ring (bicyclic) bond motifs is 1. The lowest BCUT2D eigenvalue weighted by molar-refractivity contribution is -0.119. The molecule has 0 N–H and O–H groups in total. The molecule has 0 unspecified atom stereocenters. The van der Waals surface area contributed by atoms with Crippen LogP contribution >= 0.6 is 11.8 Å². The maximum atomic E-state index is 12.6. The minimum absolute atomic E-state index is 0.0651. The van der Waals surface area contributed by atoms with Crippen LogP contribution in [-0.2, 0) is 14.6 Å². The summed E-state index contributed by atoms with van der Waals surface area (Å²) in [5.74, 6) is 0.373. The first-order valence-corrected chi connectivity index (χ1v) is 13.8. The summed E-state index contributed by atoms with van der Waals surface area (Å²) in [6, 6.07) is 15.1. The Balaban J connectivity index is 1.62. The van der Waals surface area contributed by atoms with Gasteiger partial charge in [0.2, 0.25) is 0 Å². The molecule has 176 valence electrons. The van der Waals surface area contributed by atoms with Crippen molar-refractivity contribution in [3.8, 4) is 5.75 Å². The van der Waals surface area contributed by atoms with E-state index in [-0.39, 0.29) is 29.4 Å². The van der Waals surface area contributed by atoms with Crippen LogP contribution in [0.4, 0.5) is 11.4 Å². The van der Waals surface area contributed by atoms with Crippen molar-refractivity contribution in [3.63, 3.8) is 0 Å². The van der Waals surface area contributed by atoms with Gasteiger partial charge in [0, 0.05) is 29.7 Å². The van der Waals surface area contributed by atoms with Crippen molar-refractivity contribution in [1.29, 1.82) is 0 Å². The fourth-order valence-corrected chi connectivity index (χ4v) is 8.27. The molecule has 2 saturated heterocycles. The van der Waals surface area contributed by atoms with Crippen molar-refractivity contribution in [1.82, 2.24) is 0 Å². The lowest BCUT2D eigenvalue weighted by atomic mass is 10.1. The monoisotopic (exact) mass is 487 g/mol. The first-order chi connectivity index (χ1) is 15.8. The summed E-state index contributed by atoms with van der Waals surface area (Å²) in [7, 11) is -3.12. The molecule has 7 nitrogen and oxygen atoms in total. The SMILES string of the molecule is CCN(CC)c1ccc(N2C(=NC(=O)COc3ccccc3)S[C@H]3CS(=O)(=O)C[C@H]32)c(C)c1. The zero-order chi connectivity index (χ0) is 23.6. The second kappa shape index (κ2) is 9.77. The Bertz CT molecular complexity index is 1150. The maximum Gasteiger partial charge on any atom is 0.285 e. The number of carbonyl (C=O) groups is 1. The number of carbonyl (C=O) groups excluding carboxylic acids is 1. The first kappa shape index (κ1) is 23.6. The molecule has 0 aromatic heterocycles. The summed E-state index contributed by atoms with van der Waals surface area (Å²) in [6.45, 7) is 7.88. The van der Waals surface area contributed by atoms with Gasteiger partial charge in [0.05, 0.1) is 17.5 Å². The van der Waals surface area contributed by atoms with Gasteiger partial charge in [-0.05, 0) is 56.7 Å². The number of para-hydroxylation sites is 1. The Kier molecular flexibility index (Phi) is 6.99. The molecular formula is C24H29N3O4S2. The first-order valence-electron chi connectivity index (χ1n) is 11.1. The van der Waals surface area contributed by atoms with E-state index in [0.717, 1.165) is 30.0 Å². The number of hydrogen-bond donors (Lipinski definition) is 0. The fourth-order valence-electron chi connectivity index (χ4n) is 4.34. The number of nitrogens with zero attached hydrogens (tertiary/aromatic N) is 3. The number of thioether (sulfide) groups is 1. The van der Waals surface area contributed by atoms with E-state index in [1.165, 1.54) is 11.8 Å². The van der Waals surface area contributed by atoms with Crippen LogP contribution in [0.25, 0.3) is 0 Å². The second-order valence-electron chi connectivity index (χ2n) is 8.20. The van der Waals surface area contributed by atoms with Gasteiger partial charge in [0.15, 0.2) is 21.6 Å². The van der Waals surface area contributed by atoms with Crippen LogP contribution in [0, 0.1) is 6.92 Å². The largest absolute Gasteiger partial charge is 0.484 e. The highest BCUT2D eigenvalue weighted by atomic mass is 32.2. The van der Waals surface area contributed by atoms with Crippen LogP contribution in [0.3, 0.4) is 0 Å². The summed E-state index contributed by atoms with van der Waals surface area (Å²) in [6.07, 6.45) is 0. The minimum atomic E-state index is -3.12. The summed E-state index contributed by atoms with van der Waals surface area (Å²) in [5, 5.41) is 0.402. The van der Waals surface area contributed by atoms with Gasteiger partial charge >= 0.3 is 0 Å². The third-order valence-corrected chi connectivity index (χ3v) is 9.17. The van der Waals surface area contributed by atoms with Crippen LogP contribution in [-0.4, -0.2) is 62.0 Å². The molecule has 0 saturated carbocycles. The van der Waals surface area contributed by atoms with E-state index < -0.39 is 15.7 Å². The summed E-state index contributed by atoms with van der Waals surface area (Å²) < 4.78 is 30.2. The van der Waals surface area contributed by atoms with Gasteiger partial charge < -0.3 is 14.5 Å². The van der Waals surface area contributed by atoms with Crippen molar-refractivity contribution in [2.75, 3.05) is 41.0 Å². The number of ether oxygens (including phenoxy) is 1. The smallest absolute Gasteiger partial charge is 0.285 e. The Morgan fingerprint density at radius 3 is 2.55 bits per heavy atom. The number of sulfone groups is 1. The van der Waals surface area contributed by atoms with E-state index >= 15 is 0 Å². The van der Waals surface area contributed by atoms with Gasteiger partial charge in [-0.1, -0.05) is 30.0 Å². The molecule has 0 spiro atoms. The molecule has 0 radical (unpaired) electrons. The molecule has 2 aliphatic rings.